The van der Waals surface area contributed by atoms with Crippen LogP contribution >= 0.6 is 0 Å². The van der Waals surface area contributed by atoms with Crippen molar-refractivity contribution in [3.8, 4) is 5.75 Å². The van der Waals surface area contributed by atoms with Crippen molar-refractivity contribution in [1.29, 1.82) is 0 Å². The monoisotopic (exact) mass is 219 g/mol. The molecule has 0 aliphatic carbocycles. The van der Waals surface area contributed by atoms with E-state index < -0.39 is 12.4 Å². The Morgan fingerprint density at radius 2 is 1.93 bits per heavy atom. The van der Waals surface area contributed by atoms with E-state index in [9.17, 15) is 12.9 Å². The van der Waals surface area contributed by atoms with Crippen molar-refractivity contribution in [2.75, 3.05) is 20.3 Å². The molecule has 0 spiro atoms. The van der Waals surface area contributed by atoms with Crippen molar-refractivity contribution < 1.29 is 22.4 Å². The second-order valence-corrected chi connectivity index (χ2v) is 2.99. The predicted octanol–water partition coefficient (Wildman–Crippen LogP) is 1.77. The second kappa shape index (κ2) is 5.07. The van der Waals surface area contributed by atoms with Crippen LogP contribution in [0.2, 0.25) is 0 Å². The van der Waals surface area contributed by atoms with E-state index >= 15 is 0 Å². The van der Waals surface area contributed by atoms with Crippen LogP contribution in [0.15, 0.2) is 24.3 Å². The van der Waals surface area contributed by atoms with Gasteiger partial charge in [-0.05, 0) is 12.1 Å². The van der Waals surface area contributed by atoms with Crippen molar-refractivity contribution in [3.05, 3.63) is 24.3 Å². The lowest BCUT2D eigenvalue weighted by molar-refractivity contribution is 0.146. The molecule has 15 heavy (non-hydrogen) atoms. The van der Waals surface area contributed by atoms with Gasteiger partial charge in [-0.3, -0.25) is 0 Å². The average Bonchev–Trinajstić information content (AvgIpc) is 2.17. The minimum absolute atomic E-state index is 0.212. The quantitative estimate of drug-likeness (QED) is 0.554. The van der Waals surface area contributed by atoms with E-state index in [1.165, 1.54) is 19.2 Å². The van der Waals surface area contributed by atoms with Crippen LogP contribution in [-0.2, 0) is 4.74 Å². The Morgan fingerprint density at radius 1 is 1.20 bits per heavy atom. The van der Waals surface area contributed by atoms with Gasteiger partial charge < -0.3 is 22.4 Å². The van der Waals surface area contributed by atoms with Crippen LogP contribution in [0.5, 0.6) is 5.75 Å². The zero-order chi connectivity index (χ0) is 11.3. The highest BCUT2D eigenvalue weighted by molar-refractivity contribution is 6.73. The molecule has 2 nitrogen and oxygen atoms in total. The predicted molar refractivity (Wildman–Crippen MR) is 52.5 cm³/mol. The Kier molecular flexibility index (Phi) is 4.02. The SMILES string of the molecule is COCCOc1cccc([B-](F)(F)F)c1. The molecule has 0 heterocycles. The van der Waals surface area contributed by atoms with Gasteiger partial charge >= 0.3 is 6.98 Å². The smallest absolute Gasteiger partial charge is 0.491 e. The van der Waals surface area contributed by atoms with E-state index in [0.29, 0.717) is 6.61 Å². The summed E-state index contributed by atoms with van der Waals surface area (Å²) < 4.78 is 46.8. The zero-order valence-electron chi connectivity index (χ0n) is 8.25. The van der Waals surface area contributed by atoms with Gasteiger partial charge in [-0.15, -0.1) is 5.46 Å². The lowest BCUT2D eigenvalue weighted by atomic mass is 9.80. The number of ether oxygens (including phenoxy) is 2. The van der Waals surface area contributed by atoms with Gasteiger partial charge in [0.1, 0.15) is 12.4 Å². The lowest BCUT2D eigenvalue weighted by Crippen LogP contribution is -2.33. The molecule has 0 amide bonds. The first-order valence-corrected chi connectivity index (χ1v) is 4.45. The lowest BCUT2D eigenvalue weighted by Gasteiger charge is -2.15. The Morgan fingerprint density at radius 3 is 2.53 bits per heavy atom. The van der Waals surface area contributed by atoms with Crippen LogP contribution < -0.4 is 10.2 Å². The molecular weight excluding hydrogens is 208 g/mol. The van der Waals surface area contributed by atoms with E-state index in [2.05, 4.69) is 0 Å². The van der Waals surface area contributed by atoms with Crippen LogP contribution in [0.3, 0.4) is 0 Å². The molecule has 1 aromatic carbocycles. The zero-order valence-corrected chi connectivity index (χ0v) is 8.25. The van der Waals surface area contributed by atoms with Crippen LogP contribution in [0.4, 0.5) is 12.9 Å². The Bertz CT molecular complexity index is 314. The van der Waals surface area contributed by atoms with E-state index in [4.69, 9.17) is 9.47 Å². The van der Waals surface area contributed by atoms with Crippen molar-refractivity contribution in [2.24, 2.45) is 0 Å². The molecule has 0 N–H and O–H groups in total. The van der Waals surface area contributed by atoms with Crippen LogP contribution in [0.25, 0.3) is 0 Å². The minimum Gasteiger partial charge on any atom is -0.491 e. The summed E-state index contributed by atoms with van der Waals surface area (Å²) in [5.74, 6) is 0.212. The fourth-order valence-electron chi connectivity index (χ4n) is 1.05. The van der Waals surface area contributed by atoms with Crippen LogP contribution in [-0.4, -0.2) is 27.3 Å². The van der Waals surface area contributed by atoms with E-state index in [-0.39, 0.29) is 12.4 Å². The third-order valence-corrected chi connectivity index (χ3v) is 1.79. The summed E-state index contributed by atoms with van der Waals surface area (Å²) in [7, 11) is 1.50. The van der Waals surface area contributed by atoms with Gasteiger partial charge in [-0.1, -0.05) is 12.1 Å². The normalized spacial score (nSPS) is 11.5. The third-order valence-electron chi connectivity index (χ3n) is 1.79. The number of methoxy groups -OCH3 is 1. The fourth-order valence-corrected chi connectivity index (χ4v) is 1.05. The van der Waals surface area contributed by atoms with Crippen molar-refractivity contribution in [1.82, 2.24) is 0 Å². The summed E-state index contributed by atoms with van der Waals surface area (Å²) in [5.41, 5.74) is -0.648. The highest BCUT2D eigenvalue weighted by Gasteiger charge is 2.25. The first-order chi connectivity index (χ1) is 7.04. The molecule has 1 aromatic rings. The van der Waals surface area contributed by atoms with E-state index in [1.54, 1.807) is 0 Å². The maximum absolute atomic E-state index is 12.3. The van der Waals surface area contributed by atoms with Gasteiger partial charge in [-0.2, -0.15) is 0 Å². The fraction of sp³-hybridized carbons (Fsp3) is 0.333. The molecule has 0 aliphatic rings. The molecule has 0 saturated heterocycles. The number of hydrogen-bond acceptors (Lipinski definition) is 2. The standard InChI is InChI=1S/C9H11BF3O2/c1-14-5-6-15-9-4-2-3-8(7-9)10(11,12)13/h2-4,7H,5-6H2,1H3/q-1. The summed E-state index contributed by atoms with van der Waals surface area (Å²) >= 11 is 0. The maximum Gasteiger partial charge on any atom is 0.509 e. The number of halogens is 3. The highest BCUT2D eigenvalue weighted by atomic mass is 19.4. The third kappa shape index (κ3) is 3.83. The minimum atomic E-state index is -4.96. The van der Waals surface area contributed by atoms with Gasteiger partial charge in [0, 0.05) is 7.11 Å². The largest absolute Gasteiger partial charge is 0.509 e. The number of hydrogen-bond donors (Lipinski definition) is 0. The molecule has 0 aromatic heterocycles. The summed E-state index contributed by atoms with van der Waals surface area (Å²) in [4.78, 5) is 0. The molecule has 0 radical (unpaired) electrons. The van der Waals surface area contributed by atoms with Crippen LogP contribution in [0.1, 0.15) is 0 Å². The van der Waals surface area contributed by atoms with Gasteiger partial charge in [-0.25, -0.2) is 0 Å². The van der Waals surface area contributed by atoms with Gasteiger partial charge in [0.25, 0.3) is 0 Å². The molecule has 0 saturated carbocycles. The van der Waals surface area contributed by atoms with Gasteiger partial charge in [0.15, 0.2) is 0 Å². The van der Waals surface area contributed by atoms with E-state index in [0.717, 1.165) is 12.1 Å². The molecule has 84 valence electrons. The summed E-state index contributed by atoms with van der Waals surface area (Å²) in [5, 5.41) is 0. The summed E-state index contributed by atoms with van der Waals surface area (Å²) in [6.45, 7) is -4.37. The van der Waals surface area contributed by atoms with E-state index in [1.807, 2.05) is 0 Å². The molecule has 0 bridgehead atoms. The number of benzene rings is 1. The van der Waals surface area contributed by atoms with Crippen molar-refractivity contribution >= 4 is 12.4 Å². The van der Waals surface area contributed by atoms with Crippen molar-refractivity contribution in [3.63, 3.8) is 0 Å². The Balaban J connectivity index is 2.66. The maximum atomic E-state index is 12.3. The van der Waals surface area contributed by atoms with Crippen molar-refractivity contribution in [2.45, 2.75) is 0 Å². The van der Waals surface area contributed by atoms with Crippen LogP contribution in [0, 0.1) is 0 Å². The Labute approximate surface area is 86.1 Å². The first kappa shape index (κ1) is 11.9. The first-order valence-electron chi connectivity index (χ1n) is 4.45. The average molecular weight is 219 g/mol. The molecule has 0 unspecified atom stereocenters. The van der Waals surface area contributed by atoms with Gasteiger partial charge in [0.05, 0.1) is 6.61 Å². The molecular formula is C9H11BF3O2-. The summed E-state index contributed by atoms with van der Waals surface area (Å²) in [6, 6.07) is 4.84. The molecule has 0 atom stereocenters. The molecule has 6 heteroatoms. The molecule has 0 fully saturated rings. The summed E-state index contributed by atoms with van der Waals surface area (Å²) in [6.07, 6.45) is 0. The second-order valence-electron chi connectivity index (χ2n) is 2.99. The van der Waals surface area contributed by atoms with Gasteiger partial charge in [0.2, 0.25) is 0 Å². The number of rotatable bonds is 5. The Hall–Kier alpha value is -1.17. The molecule has 0 aliphatic heterocycles. The molecule has 1 rings (SSSR count). The topological polar surface area (TPSA) is 18.5 Å². The highest BCUT2D eigenvalue weighted by Crippen LogP contribution is 2.14.